The number of carbonyl (C=O) groups is 1. The number of hydrogen-bond donors (Lipinski definition) is 3. The lowest BCUT2D eigenvalue weighted by atomic mass is 9.97. The molecule has 0 spiro atoms. The van der Waals surface area contributed by atoms with Gasteiger partial charge in [-0.3, -0.25) is 0 Å². The fraction of sp³-hybridized carbons (Fsp3) is 0.263. The van der Waals surface area contributed by atoms with Crippen LogP contribution >= 0.6 is 11.3 Å². The number of nitrogens with one attached hydrogen (secondary N) is 2. The van der Waals surface area contributed by atoms with Gasteiger partial charge in [0.05, 0.1) is 21.8 Å². The highest BCUT2D eigenvalue weighted by Crippen LogP contribution is 2.34. The zero-order valence-corrected chi connectivity index (χ0v) is 15.9. The normalized spacial score (nSPS) is 18.5. The van der Waals surface area contributed by atoms with Gasteiger partial charge in [-0.1, -0.05) is 6.08 Å². The van der Waals surface area contributed by atoms with Gasteiger partial charge in [-0.15, -0.1) is 11.3 Å². The van der Waals surface area contributed by atoms with Gasteiger partial charge >= 0.3 is 6.03 Å². The lowest BCUT2D eigenvalue weighted by Crippen LogP contribution is -2.40. The number of carbonyl (C=O) groups excluding carboxylic acids is 1. The number of fused-ring (bicyclic) bond motifs is 2. The van der Waals surface area contributed by atoms with Crippen molar-refractivity contribution in [1.29, 1.82) is 0 Å². The van der Waals surface area contributed by atoms with E-state index >= 15 is 0 Å². The second-order valence-corrected chi connectivity index (χ2v) is 7.81. The Kier molecular flexibility index (Phi) is 4.09. The van der Waals surface area contributed by atoms with Crippen LogP contribution in [0.2, 0.25) is 0 Å². The Balaban J connectivity index is 1.36. The molecule has 1 unspecified atom stereocenters. The predicted molar refractivity (Wildman–Crippen MR) is 110 cm³/mol. The molecule has 3 aromatic rings. The van der Waals surface area contributed by atoms with Gasteiger partial charge in [0, 0.05) is 30.8 Å². The molecule has 1 aromatic carbocycles. The summed E-state index contributed by atoms with van der Waals surface area (Å²) in [5, 5.41) is 6.93. The van der Waals surface area contributed by atoms with Crippen LogP contribution in [0.1, 0.15) is 12.0 Å². The molecule has 9 heteroatoms. The van der Waals surface area contributed by atoms with E-state index in [1.165, 1.54) is 5.57 Å². The van der Waals surface area contributed by atoms with E-state index < -0.39 is 0 Å². The summed E-state index contributed by atoms with van der Waals surface area (Å²) < 4.78 is 1.14. The molecule has 2 aliphatic rings. The number of primary amides is 1. The predicted octanol–water partition coefficient (Wildman–Crippen LogP) is 2.88. The lowest BCUT2D eigenvalue weighted by Gasteiger charge is -2.27. The van der Waals surface area contributed by atoms with Crippen LogP contribution in [-0.4, -0.2) is 45.0 Å². The summed E-state index contributed by atoms with van der Waals surface area (Å²) in [6.45, 7) is 1.21. The first-order valence-corrected chi connectivity index (χ1v) is 9.99. The van der Waals surface area contributed by atoms with Gasteiger partial charge in [0.15, 0.2) is 0 Å². The number of rotatable bonds is 3. The molecule has 4 heterocycles. The second kappa shape index (κ2) is 6.75. The number of urea groups is 1. The zero-order chi connectivity index (χ0) is 19.1. The summed E-state index contributed by atoms with van der Waals surface area (Å²) in [7, 11) is 0. The fourth-order valence-corrected chi connectivity index (χ4v) is 4.47. The van der Waals surface area contributed by atoms with Crippen molar-refractivity contribution in [2.24, 2.45) is 5.73 Å². The van der Waals surface area contributed by atoms with Crippen LogP contribution in [0.15, 0.2) is 41.7 Å². The van der Waals surface area contributed by atoms with Crippen molar-refractivity contribution in [1.82, 2.24) is 19.9 Å². The van der Waals surface area contributed by atoms with E-state index in [0.29, 0.717) is 13.1 Å². The number of anilines is 3. The Morgan fingerprint density at radius 2 is 2.25 bits per heavy atom. The Morgan fingerprint density at radius 1 is 1.32 bits per heavy atom. The monoisotopic (exact) mass is 393 g/mol. The van der Waals surface area contributed by atoms with Crippen molar-refractivity contribution >= 4 is 44.9 Å². The molecule has 0 saturated carbocycles. The van der Waals surface area contributed by atoms with Crippen LogP contribution < -0.4 is 16.4 Å². The summed E-state index contributed by atoms with van der Waals surface area (Å²) in [4.78, 5) is 26.2. The van der Waals surface area contributed by atoms with Crippen LogP contribution in [0, 0.1) is 0 Å². The third-order valence-corrected chi connectivity index (χ3v) is 6.05. The van der Waals surface area contributed by atoms with Crippen LogP contribution in [0.5, 0.6) is 0 Å². The lowest BCUT2D eigenvalue weighted by molar-refractivity contribution is 0.211. The molecule has 0 aliphatic carbocycles. The van der Waals surface area contributed by atoms with Gasteiger partial charge in [-0.05, 0) is 30.2 Å². The minimum absolute atomic E-state index is 0.172. The molecule has 2 aliphatic heterocycles. The maximum absolute atomic E-state index is 11.3. The minimum atomic E-state index is -0.367. The molecule has 2 amide bonds. The summed E-state index contributed by atoms with van der Waals surface area (Å²) >= 11 is 1.62. The third kappa shape index (κ3) is 3.03. The SMILES string of the molecule is NC(=O)N1CC=C(C2Cc3c(Nc4ccc5ncsc5c4)ncnc3N2)CC1. The molecule has 8 nitrogen and oxygen atoms in total. The molecule has 2 aromatic heterocycles. The molecule has 5 rings (SSSR count). The molecule has 0 radical (unpaired) electrons. The van der Waals surface area contributed by atoms with Gasteiger partial charge in [-0.25, -0.2) is 19.7 Å². The highest BCUT2D eigenvalue weighted by Gasteiger charge is 2.29. The van der Waals surface area contributed by atoms with Crippen molar-refractivity contribution in [3.05, 3.63) is 47.2 Å². The molecular formula is C19H19N7OS. The smallest absolute Gasteiger partial charge is 0.315 e. The summed E-state index contributed by atoms with van der Waals surface area (Å²) in [5.41, 5.74) is 11.6. The number of benzene rings is 1. The molecule has 28 heavy (non-hydrogen) atoms. The minimum Gasteiger partial charge on any atom is -0.363 e. The van der Waals surface area contributed by atoms with E-state index in [1.807, 2.05) is 17.6 Å². The van der Waals surface area contributed by atoms with E-state index in [1.54, 1.807) is 22.6 Å². The Bertz CT molecular complexity index is 1090. The van der Waals surface area contributed by atoms with Gasteiger partial charge < -0.3 is 21.3 Å². The van der Waals surface area contributed by atoms with E-state index in [-0.39, 0.29) is 12.1 Å². The quantitative estimate of drug-likeness (QED) is 0.591. The Morgan fingerprint density at radius 3 is 3.07 bits per heavy atom. The molecule has 4 N–H and O–H groups in total. The summed E-state index contributed by atoms with van der Waals surface area (Å²) in [6.07, 6.45) is 5.29. The van der Waals surface area contributed by atoms with E-state index in [0.717, 1.165) is 45.9 Å². The van der Waals surface area contributed by atoms with Crippen LogP contribution in [0.25, 0.3) is 10.2 Å². The van der Waals surface area contributed by atoms with Crippen molar-refractivity contribution in [2.75, 3.05) is 23.7 Å². The fourth-order valence-electron chi connectivity index (χ4n) is 3.75. The Labute approximate surface area is 165 Å². The van der Waals surface area contributed by atoms with E-state index in [4.69, 9.17) is 5.73 Å². The molecule has 0 bridgehead atoms. The first-order valence-electron chi connectivity index (χ1n) is 9.11. The number of nitrogens with two attached hydrogens (primary N) is 1. The second-order valence-electron chi connectivity index (χ2n) is 6.92. The molecular weight excluding hydrogens is 374 g/mol. The van der Waals surface area contributed by atoms with Crippen molar-refractivity contribution in [2.45, 2.75) is 18.9 Å². The highest BCUT2D eigenvalue weighted by molar-refractivity contribution is 7.16. The van der Waals surface area contributed by atoms with Crippen molar-refractivity contribution in [3.8, 4) is 0 Å². The van der Waals surface area contributed by atoms with Crippen LogP contribution in [0.4, 0.5) is 22.1 Å². The van der Waals surface area contributed by atoms with Gasteiger partial charge in [0.25, 0.3) is 0 Å². The molecule has 1 atom stereocenters. The van der Waals surface area contributed by atoms with E-state index in [2.05, 4.69) is 37.7 Å². The maximum atomic E-state index is 11.3. The van der Waals surface area contributed by atoms with Crippen molar-refractivity contribution in [3.63, 3.8) is 0 Å². The number of nitrogens with zero attached hydrogens (tertiary/aromatic N) is 4. The summed E-state index contributed by atoms with van der Waals surface area (Å²) in [5.74, 6) is 1.68. The van der Waals surface area contributed by atoms with Gasteiger partial charge in [0.2, 0.25) is 0 Å². The molecule has 0 fully saturated rings. The summed E-state index contributed by atoms with van der Waals surface area (Å²) in [6, 6.07) is 5.91. The Hall–Kier alpha value is -3.20. The highest BCUT2D eigenvalue weighted by atomic mass is 32.1. The molecule has 0 saturated heterocycles. The van der Waals surface area contributed by atoms with Crippen LogP contribution in [0.3, 0.4) is 0 Å². The maximum Gasteiger partial charge on any atom is 0.315 e. The van der Waals surface area contributed by atoms with Crippen molar-refractivity contribution < 1.29 is 4.79 Å². The van der Waals surface area contributed by atoms with Gasteiger partial charge in [0.1, 0.15) is 18.0 Å². The number of hydrogen-bond acceptors (Lipinski definition) is 7. The standard InChI is InChI=1S/C19H19N7OS/c20-19(27)26-5-3-11(4-6-26)15-8-13-17(21-9-22-18(13)25-15)24-12-1-2-14-16(7-12)28-10-23-14/h1-3,7,9-10,15H,4-6,8H2,(H2,20,27)(H2,21,22,24,25). The number of amides is 2. The third-order valence-electron chi connectivity index (χ3n) is 5.26. The first-order chi connectivity index (χ1) is 13.7. The average Bonchev–Trinajstić information content (AvgIpc) is 3.35. The zero-order valence-electron chi connectivity index (χ0n) is 15.1. The first kappa shape index (κ1) is 16.9. The topological polar surface area (TPSA) is 109 Å². The van der Waals surface area contributed by atoms with E-state index in [9.17, 15) is 4.79 Å². The largest absolute Gasteiger partial charge is 0.363 e. The van der Waals surface area contributed by atoms with Gasteiger partial charge in [-0.2, -0.15) is 0 Å². The average molecular weight is 393 g/mol. The van der Waals surface area contributed by atoms with Crippen LogP contribution in [-0.2, 0) is 6.42 Å². The number of thiazole rings is 1. The molecule has 142 valence electrons. The number of aromatic nitrogens is 3.